The zero-order valence-electron chi connectivity index (χ0n) is 12.1. The summed E-state index contributed by atoms with van der Waals surface area (Å²) in [6.45, 7) is 2.14. The molecule has 0 bridgehead atoms. The van der Waals surface area contributed by atoms with E-state index in [0.29, 0.717) is 6.04 Å². The molecule has 4 nitrogen and oxygen atoms in total. The highest BCUT2D eigenvalue weighted by Gasteiger charge is 2.39. The van der Waals surface area contributed by atoms with Crippen LogP contribution in [0.3, 0.4) is 0 Å². The molecule has 20 heavy (non-hydrogen) atoms. The van der Waals surface area contributed by atoms with Gasteiger partial charge in [-0.15, -0.1) is 0 Å². The molecule has 2 atom stereocenters. The van der Waals surface area contributed by atoms with E-state index in [4.69, 9.17) is 4.98 Å². The molecule has 4 heteroatoms. The summed E-state index contributed by atoms with van der Waals surface area (Å²) < 4.78 is 2.35. The Balaban J connectivity index is 2.05. The van der Waals surface area contributed by atoms with Gasteiger partial charge in [0.2, 0.25) is 0 Å². The number of nitrogens with one attached hydrogen (secondary N) is 1. The van der Waals surface area contributed by atoms with Crippen molar-refractivity contribution in [2.45, 2.75) is 44.2 Å². The first-order chi connectivity index (χ1) is 9.73. The summed E-state index contributed by atoms with van der Waals surface area (Å²) in [6, 6.07) is 11.1. The SMILES string of the molecule is CCc1nc2ccccc2n1C1CCC(C#N)(NC)C1. The third-order valence-corrected chi connectivity index (χ3v) is 4.53. The second-order valence-electron chi connectivity index (χ2n) is 5.58. The van der Waals surface area contributed by atoms with Gasteiger partial charge in [-0.05, 0) is 38.4 Å². The predicted octanol–water partition coefficient (Wildman–Crippen LogP) is 2.81. The molecule has 0 aliphatic heterocycles. The lowest BCUT2D eigenvalue weighted by atomic mass is 10.00. The van der Waals surface area contributed by atoms with Crippen LogP contribution in [-0.4, -0.2) is 22.1 Å². The summed E-state index contributed by atoms with van der Waals surface area (Å²) in [5.41, 5.74) is 1.88. The van der Waals surface area contributed by atoms with E-state index < -0.39 is 0 Å². The maximum Gasteiger partial charge on any atom is 0.109 e. The highest BCUT2D eigenvalue weighted by Crippen LogP contribution is 2.39. The number of nitriles is 1. The second kappa shape index (κ2) is 4.92. The van der Waals surface area contributed by atoms with E-state index in [2.05, 4.69) is 41.1 Å². The van der Waals surface area contributed by atoms with Crippen molar-refractivity contribution in [3.05, 3.63) is 30.1 Å². The van der Waals surface area contributed by atoms with Gasteiger partial charge in [0.1, 0.15) is 11.4 Å². The number of hydrogen-bond donors (Lipinski definition) is 1. The Morgan fingerprint density at radius 1 is 1.50 bits per heavy atom. The molecule has 0 spiro atoms. The molecule has 1 fully saturated rings. The minimum absolute atomic E-state index is 0.365. The van der Waals surface area contributed by atoms with E-state index in [1.165, 1.54) is 5.52 Å². The van der Waals surface area contributed by atoms with Crippen molar-refractivity contribution in [1.29, 1.82) is 5.26 Å². The van der Waals surface area contributed by atoms with E-state index >= 15 is 0 Å². The molecule has 104 valence electrons. The molecule has 1 N–H and O–H groups in total. The Kier molecular flexibility index (Phi) is 3.23. The number of para-hydroxylation sites is 2. The van der Waals surface area contributed by atoms with Crippen molar-refractivity contribution in [1.82, 2.24) is 14.9 Å². The Bertz CT molecular complexity index is 667. The molecular weight excluding hydrogens is 248 g/mol. The zero-order chi connectivity index (χ0) is 14.2. The molecule has 1 aliphatic rings. The van der Waals surface area contributed by atoms with Crippen LogP contribution < -0.4 is 5.32 Å². The number of hydrogen-bond acceptors (Lipinski definition) is 3. The van der Waals surface area contributed by atoms with E-state index in [1.54, 1.807) is 0 Å². The van der Waals surface area contributed by atoms with Crippen LogP contribution in [-0.2, 0) is 6.42 Å². The maximum atomic E-state index is 9.43. The van der Waals surface area contributed by atoms with Gasteiger partial charge in [-0.3, -0.25) is 0 Å². The molecule has 1 aliphatic carbocycles. The quantitative estimate of drug-likeness (QED) is 0.931. The fourth-order valence-electron chi connectivity index (χ4n) is 3.38. The van der Waals surface area contributed by atoms with Gasteiger partial charge in [-0.2, -0.15) is 5.26 Å². The lowest BCUT2D eigenvalue weighted by Crippen LogP contribution is -2.38. The number of aryl methyl sites for hydroxylation is 1. The van der Waals surface area contributed by atoms with Crippen molar-refractivity contribution < 1.29 is 0 Å². The van der Waals surface area contributed by atoms with Crippen molar-refractivity contribution in [3.8, 4) is 6.07 Å². The van der Waals surface area contributed by atoms with Gasteiger partial charge in [-0.25, -0.2) is 4.98 Å². The van der Waals surface area contributed by atoms with E-state index in [1.807, 2.05) is 13.1 Å². The topological polar surface area (TPSA) is 53.6 Å². The highest BCUT2D eigenvalue weighted by atomic mass is 15.1. The van der Waals surface area contributed by atoms with Crippen LogP contribution in [0.4, 0.5) is 0 Å². The Hall–Kier alpha value is -1.86. The van der Waals surface area contributed by atoms with E-state index in [-0.39, 0.29) is 5.54 Å². The molecule has 1 aromatic carbocycles. The molecule has 0 amide bonds. The van der Waals surface area contributed by atoms with Gasteiger partial charge in [-0.1, -0.05) is 19.1 Å². The zero-order valence-corrected chi connectivity index (χ0v) is 12.1. The fraction of sp³-hybridized carbons (Fsp3) is 0.500. The minimum Gasteiger partial charge on any atom is -0.325 e. The van der Waals surface area contributed by atoms with Crippen molar-refractivity contribution >= 4 is 11.0 Å². The third kappa shape index (κ3) is 1.90. The van der Waals surface area contributed by atoms with Crippen LogP contribution >= 0.6 is 0 Å². The third-order valence-electron chi connectivity index (χ3n) is 4.53. The van der Waals surface area contributed by atoms with Crippen LogP contribution in [0.2, 0.25) is 0 Å². The summed E-state index contributed by atoms with van der Waals surface area (Å²) in [5.74, 6) is 1.13. The van der Waals surface area contributed by atoms with Gasteiger partial charge in [0, 0.05) is 12.5 Å². The largest absolute Gasteiger partial charge is 0.325 e. The lowest BCUT2D eigenvalue weighted by molar-refractivity contribution is 0.428. The average Bonchev–Trinajstić information content (AvgIpc) is 3.08. The van der Waals surface area contributed by atoms with Gasteiger partial charge >= 0.3 is 0 Å². The van der Waals surface area contributed by atoms with Crippen molar-refractivity contribution in [3.63, 3.8) is 0 Å². The molecule has 3 rings (SSSR count). The lowest BCUT2D eigenvalue weighted by Gasteiger charge is -2.21. The number of nitrogens with zero attached hydrogens (tertiary/aromatic N) is 3. The molecule has 2 unspecified atom stereocenters. The monoisotopic (exact) mass is 268 g/mol. The van der Waals surface area contributed by atoms with E-state index in [0.717, 1.165) is 37.0 Å². The first-order valence-corrected chi connectivity index (χ1v) is 7.29. The average molecular weight is 268 g/mol. The molecule has 1 aromatic heterocycles. The molecule has 1 heterocycles. The Morgan fingerprint density at radius 3 is 2.95 bits per heavy atom. The first-order valence-electron chi connectivity index (χ1n) is 7.29. The molecular formula is C16H20N4. The number of rotatable bonds is 3. The van der Waals surface area contributed by atoms with E-state index in [9.17, 15) is 5.26 Å². The first kappa shape index (κ1) is 13.1. The minimum atomic E-state index is -0.374. The standard InChI is InChI=1S/C16H20N4/c1-3-15-19-13-6-4-5-7-14(13)20(15)12-8-9-16(10-12,11-17)18-2/h4-7,12,18H,3,8-10H2,1-2H3. The summed E-state index contributed by atoms with van der Waals surface area (Å²) >= 11 is 0. The van der Waals surface area contributed by atoms with Gasteiger partial charge in [0.05, 0.1) is 17.1 Å². The summed E-state index contributed by atoms with van der Waals surface area (Å²) in [6.07, 6.45) is 3.71. The summed E-state index contributed by atoms with van der Waals surface area (Å²) in [4.78, 5) is 4.73. The molecule has 1 saturated carbocycles. The van der Waals surface area contributed by atoms with Crippen LogP contribution in [0, 0.1) is 11.3 Å². The molecule has 0 radical (unpaired) electrons. The van der Waals surface area contributed by atoms with Crippen LogP contribution in [0.15, 0.2) is 24.3 Å². The van der Waals surface area contributed by atoms with Crippen LogP contribution in [0.1, 0.15) is 38.1 Å². The Morgan fingerprint density at radius 2 is 2.30 bits per heavy atom. The number of fused-ring (bicyclic) bond motifs is 1. The summed E-state index contributed by atoms with van der Waals surface area (Å²) in [5, 5.41) is 12.6. The van der Waals surface area contributed by atoms with Crippen molar-refractivity contribution in [2.24, 2.45) is 0 Å². The fourth-order valence-corrected chi connectivity index (χ4v) is 3.38. The van der Waals surface area contributed by atoms with Gasteiger partial charge < -0.3 is 9.88 Å². The van der Waals surface area contributed by atoms with Crippen LogP contribution in [0.5, 0.6) is 0 Å². The molecule has 2 aromatic rings. The van der Waals surface area contributed by atoms with Gasteiger partial charge in [0.15, 0.2) is 0 Å². The summed E-state index contributed by atoms with van der Waals surface area (Å²) in [7, 11) is 1.89. The van der Waals surface area contributed by atoms with Gasteiger partial charge in [0.25, 0.3) is 0 Å². The smallest absolute Gasteiger partial charge is 0.109 e. The molecule has 0 saturated heterocycles. The number of imidazole rings is 1. The number of aromatic nitrogens is 2. The number of benzene rings is 1. The maximum absolute atomic E-state index is 9.43. The normalized spacial score (nSPS) is 25.9. The Labute approximate surface area is 119 Å². The van der Waals surface area contributed by atoms with Crippen LogP contribution in [0.25, 0.3) is 11.0 Å². The van der Waals surface area contributed by atoms with Crippen molar-refractivity contribution in [2.75, 3.05) is 7.05 Å². The second-order valence-corrected chi connectivity index (χ2v) is 5.58. The highest BCUT2D eigenvalue weighted by molar-refractivity contribution is 5.76. The predicted molar refractivity (Wildman–Crippen MR) is 79.4 cm³/mol.